The van der Waals surface area contributed by atoms with Crippen LogP contribution in [0.3, 0.4) is 0 Å². The van der Waals surface area contributed by atoms with Crippen LogP contribution in [-0.4, -0.2) is 36.5 Å². The highest BCUT2D eigenvalue weighted by atomic mass is 16.5. The summed E-state index contributed by atoms with van der Waals surface area (Å²) in [5.74, 6) is -0.932. The minimum atomic E-state index is -0.466. The molecule has 0 heterocycles. The zero-order chi connectivity index (χ0) is 16.2. The van der Waals surface area contributed by atoms with Crippen LogP contribution in [0.15, 0.2) is 60.7 Å². The van der Waals surface area contributed by atoms with Crippen molar-refractivity contribution in [3.8, 4) is 0 Å². The molecule has 0 fully saturated rings. The number of benzene rings is 2. The third-order valence-corrected chi connectivity index (χ3v) is 2.72. The summed E-state index contributed by atoms with van der Waals surface area (Å²) in [5, 5.41) is 8.07. The maximum Gasteiger partial charge on any atom is 0.233 e. The molecule has 1 N–H and O–H groups in total. The van der Waals surface area contributed by atoms with Gasteiger partial charge in [-0.1, -0.05) is 60.7 Å². The SMILES string of the molecule is CCOCCO.O=C(C(=O)c1ccccc1)c1ccccc1. The Bertz CT molecular complexity index is 511. The second-order valence-corrected chi connectivity index (χ2v) is 4.31. The molecule has 2 aromatic rings. The number of hydrogen-bond acceptors (Lipinski definition) is 4. The summed E-state index contributed by atoms with van der Waals surface area (Å²) in [6.07, 6.45) is 0. The quantitative estimate of drug-likeness (QED) is 0.506. The van der Waals surface area contributed by atoms with Crippen LogP contribution in [0, 0.1) is 0 Å². The normalized spacial score (nSPS) is 9.55. The number of carbonyl (C=O) groups excluding carboxylic acids is 2. The minimum absolute atomic E-state index is 0.133. The fraction of sp³-hybridized carbons (Fsp3) is 0.222. The molecule has 0 aliphatic rings. The summed E-state index contributed by atoms with van der Waals surface area (Å²) < 4.78 is 4.73. The molecule has 0 amide bonds. The van der Waals surface area contributed by atoms with E-state index < -0.39 is 11.6 Å². The summed E-state index contributed by atoms with van der Waals surface area (Å²) in [5.41, 5.74) is 0.854. The molecule has 0 aromatic heterocycles. The van der Waals surface area contributed by atoms with Crippen LogP contribution >= 0.6 is 0 Å². The Hall–Kier alpha value is -2.30. The van der Waals surface area contributed by atoms with Crippen LogP contribution < -0.4 is 0 Å². The number of carbonyl (C=O) groups is 2. The standard InChI is InChI=1S/C14H10O2.C4H10O2/c15-13(11-7-3-1-4-8-11)14(16)12-9-5-2-6-10-12;1-2-6-4-3-5/h1-10H;5H,2-4H2,1H3. The first-order valence-corrected chi connectivity index (χ1v) is 7.08. The Labute approximate surface area is 130 Å². The summed E-state index contributed by atoms with van der Waals surface area (Å²) >= 11 is 0. The number of hydrogen-bond donors (Lipinski definition) is 1. The number of ketones is 2. The van der Waals surface area contributed by atoms with E-state index in [1.54, 1.807) is 48.5 Å². The highest BCUT2D eigenvalue weighted by Crippen LogP contribution is 2.07. The Morgan fingerprint density at radius 1 is 0.864 bits per heavy atom. The van der Waals surface area contributed by atoms with E-state index in [0.29, 0.717) is 24.3 Å². The Morgan fingerprint density at radius 2 is 1.27 bits per heavy atom. The van der Waals surface area contributed by atoms with Crippen LogP contribution in [0.4, 0.5) is 0 Å². The maximum absolute atomic E-state index is 11.8. The summed E-state index contributed by atoms with van der Waals surface area (Å²) in [4.78, 5) is 23.6. The fourth-order valence-electron chi connectivity index (χ4n) is 1.65. The highest BCUT2D eigenvalue weighted by Gasteiger charge is 2.16. The highest BCUT2D eigenvalue weighted by molar-refractivity contribution is 6.49. The van der Waals surface area contributed by atoms with E-state index in [-0.39, 0.29) is 6.61 Å². The van der Waals surface area contributed by atoms with Crippen molar-refractivity contribution >= 4 is 11.6 Å². The lowest BCUT2D eigenvalue weighted by Crippen LogP contribution is -2.14. The molecule has 0 unspecified atom stereocenters. The number of Topliss-reactive ketones (excluding diaryl/α,β-unsaturated/α-hetero) is 2. The lowest BCUT2D eigenvalue weighted by atomic mass is 10.0. The summed E-state index contributed by atoms with van der Waals surface area (Å²) in [6, 6.07) is 17.2. The molecule has 4 heteroatoms. The molecule has 0 saturated heterocycles. The van der Waals surface area contributed by atoms with Gasteiger partial charge in [0.05, 0.1) is 13.2 Å². The van der Waals surface area contributed by atoms with Crippen LogP contribution in [0.5, 0.6) is 0 Å². The van der Waals surface area contributed by atoms with Gasteiger partial charge < -0.3 is 9.84 Å². The third-order valence-electron chi connectivity index (χ3n) is 2.72. The van der Waals surface area contributed by atoms with Crippen molar-refractivity contribution in [1.82, 2.24) is 0 Å². The summed E-state index contributed by atoms with van der Waals surface area (Å²) in [6.45, 7) is 3.20. The smallest absolute Gasteiger partial charge is 0.233 e. The molecule has 116 valence electrons. The average Bonchev–Trinajstić information content (AvgIpc) is 2.60. The van der Waals surface area contributed by atoms with Crippen molar-refractivity contribution in [2.45, 2.75) is 6.92 Å². The van der Waals surface area contributed by atoms with Crippen molar-refractivity contribution in [2.75, 3.05) is 19.8 Å². The van der Waals surface area contributed by atoms with E-state index in [4.69, 9.17) is 9.84 Å². The van der Waals surface area contributed by atoms with Crippen molar-refractivity contribution in [3.05, 3.63) is 71.8 Å². The molecule has 0 aliphatic heterocycles. The molecule has 2 aromatic carbocycles. The first kappa shape index (κ1) is 17.8. The predicted molar refractivity (Wildman–Crippen MR) is 85.1 cm³/mol. The van der Waals surface area contributed by atoms with Gasteiger partial charge in [-0.15, -0.1) is 0 Å². The maximum atomic E-state index is 11.8. The number of aliphatic hydroxyl groups is 1. The predicted octanol–water partition coefficient (Wildman–Crippen LogP) is 2.77. The van der Waals surface area contributed by atoms with Gasteiger partial charge in [0.25, 0.3) is 0 Å². The number of aliphatic hydroxyl groups excluding tert-OH is 1. The van der Waals surface area contributed by atoms with Crippen molar-refractivity contribution < 1.29 is 19.4 Å². The van der Waals surface area contributed by atoms with Gasteiger partial charge in [-0.25, -0.2) is 0 Å². The molecule has 0 aliphatic carbocycles. The minimum Gasteiger partial charge on any atom is -0.394 e. The average molecular weight is 300 g/mol. The second-order valence-electron chi connectivity index (χ2n) is 4.31. The molecule has 4 nitrogen and oxygen atoms in total. The van der Waals surface area contributed by atoms with Gasteiger partial charge >= 0.3 is 0 Å². The van der Waals surface area contributed by atoms with Crippen LogP contribution in [-0.2, 0) is 4.74 Å². The molecule has 0 spiro atoms. The second kappa shape index (κ2) is 10.4. The molecule has 0 atom stereocenters. The molecule has 0 radical (unpaired) electrons. The van der Waals surface area contributed by atoms with Crippen molar-refractivity contribution in [2.24, 2.45) is 0 Å². The molecule has 0 bridgehead atoms. The molecule has 2 rings (SSSR count). The topological polar surface area (TPSA) is 63.6 Å². The van der Waals surface area contributed by atoms with Crippen LogP contribution in [0.2, 0.25) is 0 Å². The number of ether oxygens (including phenoxy) is 1. The van der Waals surface area contributed by atoms with Gasteiger partial charge in [-0.3, -0.25) is 9.59 Å². The fourth-order valence-corrected chi connectivity index (χ4v) is 1.65. The molecule has 0 saturated carbocycles. The van der Waals surface area contributed by atoms with Gasteiger partial charge in [0.15, 0.2) is 0 Å². The first-order valence-electron chi connectivity index (χ1n) is 7.08. The Kier molecular flexibility index (Phi) is 8.42. The van der Waals surface area contributed by atoms with E-state index in [0.717, 1.165) is 0 Å². The lowest BCUT2D eigenvalue weighted by Gasteiger charge is -1.99. The van der Waals surface area contributed by atoms with Gasteiger partial charge in [0.1, 0.15) is 0 Å². The van der Waals surface area contributed by atoms with Gasteiger partial charge in [-0.05, 0) is 6.92 Å². The lowest BCUT2D eigenvalue weighted by molar-refractivity contribution is 0.0817. The third kappa shape index (κ3) is 5.99. The van der Waals surface area contributed by atoms with E-state index in [1.165, 1.54) is 0 Å². The van der Waals surface area contributed by atoms with E-state index in [1.807, 2.05) is 19.1 Å². The zero-order valence-electron chi connectivity index (χ0n) is 12.6. The van der Waals surface area contributed by atoms with Crippen LogP contribution in [0.25, 0.3) is 0 Å². The van der Waals surface area contributed by atoms with Gasteiger partial charge in [0, 0.05) is 17.7 Å². The monoisotopic (exact) mass is 300 g/mol. The van der Waals surface area contributed by atoms with Crippen molar-refractivity contribution in [3.63, 3.8) is 0 Å². The summed E-state index contributed by atoms with van der Waals surface area (Å²) in [7, 11) is 0. The first-order chi connectivity index (χ1) is 10.7. The number of rotatable bonds is 6. The van der Waals surface area contributed by atoms with E-state index in [2.05, 4.69) is 0 Å². The largest absolute Gasteiger partial charge is 0.394 e. The van der Waals surface area contributed by atoms with E-state index >= 15 is 0 Å². The van der Waals surface area contributed by atoms with Crippen molar-refractivity contribution in [1.29, 1.82) is 0 Å². The Balaban J connectivity index is 0.000000346. The molecular formula is C18H20O4. The van der Waals surface area contributed by atoms with Crippen LogP contribution in [0.1, 0.15) is 27.6 Å². The Morgan fingerprint density at radius 3 is 1.55 bits per heavy atom. The molecule has 22 heavy (non-hydrogen) atoms. The van der Waals surface area contributed by atoms with Gasteiger partial charge in [0.2, 0.25) is 11.6 Å². The zero-order valence-corrected chi connectivity index (χ0v) is 12.6. The van der Waals surface area contributed by atoms with E-state index in [9.17, 15) is 9.59 Å². The molecular weight excluding hydrogens is 280 g/mol. The van der Waals surface area contributed by atoms with Gasteiger partial charge in [-0.2, -0.15) is 0 Å².